The standard InChI is InChI=1S/C17H29N3O3/c1-18-14-15(17(22)23-2)8-6-9-16(21)19-10-7-13-20-11-4-3-5-12-20/h6,8,14,18H,3-5,7,9-13H2,1-2H3,(H,19,21)/b8-6-,15-14+. The molecule has 1 fully saturated rings. The Hall–Kier alpha value is -1.82. The van der Waals surface area contributed by atoms with Crippen molar-refractivity contribution in [3.05, 3.63) is 23.9 Å². The third-order valence-electron chi connectivity index (χ3n) is 3.74. The molecule has 1 amide bonds. The number of amides is 1. The number of hydrogen-bond acceptors (Lipinski definition) is 5. The number of rotatable bonds is 9. The molecule has 0 aliphatic carbocycles. The number of methoxy groups -OCH3 is 1. The van der Waals surface area contributed by atoms with Gasteiger partial charge in [-0.3, -0.25) is 4.79 Å². The highest BCUT2D eigenvalue weighted by atomic mass is 16.5. The van der Waals surface area contributed by atoms with Gasteiger partial charge >= 0.3 is 5.97 Å². The normalized spacial score (nSPS) is 16.3. The monoisotopic (exact) mass is 323 g/mol. The predicted octanol–water partition coefficient (Wildman–Crippen LogP) is 1.20. The molecule has 0 radical (unpaired) electrons. The fraction of sp³-hybridized carbons (Fsp3) is 0.647. The number of carbonyl (C=O) groups excluding carboxylic acids is 2. The largest absolute Gasteiger partial charge is 0.465 e. The quantitative estimate of drug-likeness (QED) is 0.289. The van der Waals surface area contributed by atoms with Crippen LogP contribution in [0.5, 0.6) is 0 Å². The van der Waals surface area contributed by atoms with Crippen molar-refractivity contribution in [2.45, 2.75) is 32.1 Å². The highest BCUT2D eigenvalue weighted by molar-refractivity contribution is 5.91. The molecular formula is C17H29N3O3. The van der Waals surface area contributed by atoms with Crippen LogP contribution >= 0.6 is 0 Å². The van der Waals surface area contributed by atoms with Gasteiger partial charge in [-0.05, 0) is 45.0 Å². The molecule has 0 aromatic carbocycles. The van der Waals surface area contributed by atoms with Gasteiger partial charge in [0.1, 0.15) is 0 Å². The van der Waals surface area contributed by atoms with Gasteiger partial charge in [0.25, 0.3) is 0 Å². The van der Waals surface area contributed by atoms with Crippen LogP contribution in [-0.2, 0) is 14.3 Å². The molecule has 0 spiro atoms. The summed E-state index contributed by atoms with van der Waals surface area (Å²) < 4.78 is 4.66. The molecule has 1 saturated heterocycles. The Kier molecular flexibility index (Phi) is 9.79. The Morgan fingerprint density at radius 1 is 1.22 bits per heavy atom. The fourth-order valence-electron chi connectivity index (χ4n) is 2.53. The van der Waals surface area contributed by atoms with Crippen LogP contribution in [0.2, 0.25) is 0 Å². The first-order valence-corrected chi connectivity index (χ1v) is 8.28. The Labute approximate surface area is 138 Å². The summed E-state index contributed by atoms with van der Waals surface area (Å²) in [5.41, 5.74) is 0.382. The Morgan fingerprint density at radius 2 is 1.96 bits per heavy atom. The first kappa shape index (κ1) is 19.2. The minimum Gasteiger partial charge on any atom is -0.465 e. The van der Waals surface area contributed by atoms with E-state index in [0.717, 1.165) is 13.0 Å². The van der Waals surface area contributed by atoms with E-state index in [1.165, 1.54) is 39.5 Å². The minimum atomic E-state index is -0.433. The summed E-state index contributed by atoms with van der Waals surface area (Å²) in [4.78, 5) is 25.7. The number of ether oxygens (including phenoxy) is 1. The van der Waals surface area contributed by atoms with Crippen LogP contribution in [0.4, 0.5) is 0 Å². The van der Waals surface area contributed by atoms with Crippen molar-refractivity contribution in [1.82, 2.24) is 15.5 Å². The van der Waals surface area contributed by atoms with Crippen molar-refractivity contribution in [2.75, 3.05) is 40.3 Å². The first-order valence-electron chi connectivity index (χ1n) is 8.28. The molecule has 0 aromatic rings. The lowest BCUT2D eigenvalue weighted by atomic mass is 10.1. The highest BCUT2D eigenvalue weighted by Crippen LogP contribution is 2.08. The molecule has 130 valence electrons. The summed E-state index contributed by atoms with van der Waals surface area (Å²) in [5, 5.41) is 5.68. The van der Waals surface area contributed by atoms with E-state index in [4.69, 9.17) is 0 Å². The van der Waals surface area contributed by atoms with Crippen molar-refractivity contribution < 1.29 is 14.3 Å². The highest BCUT2D eigenvalue weighted by Gasteiger charge is 2.09. The zero-order valence-corrected chi connectivity index (χ0v) is 14.3. The molecule has 1 aliphatic heterocycles. The maximum atomic E-state index is 11.7. The Morgan fingerprint density at radius 3 is 2.61 bits per heavy atom. The zero-order chi connectivity index (χ0) is 16.9. The van der Waals surface area contributed by atoms with Crippen molar-refractivity contribution in [2.24, 2.45) is 0 Å². The molecular weight excluding hydrogens is 294 g/mol. The second-order valence-corrected chi connectivity index (χ2v) is 5.59. The Balaban J connectivity index is 2.18. The van der Waals surface area contributed by atoms with Gasteiger partial charge in [0, 0.05) is 26.2 Å². The van der Waals surface area contributed by atoms with Gasteiger partial charge in [0.2, 0.25) is 5.91 Å². The number of likely N-dealkylation sites (tertiary alicyclic amines) is 1. The summed E-state index contributed by atoms with van der Waals surface area (Å²) in [7, 11) is 3.03. The van der Waals surface area contributed by atoms with E-state index in [1.54, 1.807) is 25.4 Å². The maximum Gasteiger partial charge on any atom is 0.339 e. The van der Waals surface area contributed by atoms with Crippen molar-refractivity contribution in [3.8, 4) is 0 Å². The van der Waals surface area contributed by atoms with Gasteiger partial charge in [-0.2, -0.15) is 0 Å². The topological polar surface area (TPSA) is 70.7 Å². The Bertz CT molecular complexity index is 427. The van der Waals surface area contributed by atoms with Gasteiger partial charge in [0.05, 0.1) is 12.7 Å². The number of hydrogen-bond donors (Lipinski definition) is 2. The second-order valence-electron chi connectivity index (χ2n) is 5.59. The molecule has 6 heteroatoms. The summed E-state index contributed by atoms with van der Waals surface area (Å²) in [6, 6.07) is 0. The van der Waals surface area contributed by atoms with E-state index in [-0.39, 0.29) is 12.3 Å². The summed E-state index contributed by atoms with van der Waals surface area (Å²) in [5.74, 6) is -0.467. The van der Waals surface area contributed by atoms with Crippen LogP contribution in [-0.4, -0.2) is 57.1 Å². The average Bonchev–Trinajstić information content (AvgIpc) is 2.58. The minimum absolute atomic E-state index is 0.0337. The van der Waals surface area contributed by atoms with E-state index in [1.807, 2.05) is 0 Å². The molecule has 23 heavy (non-hydrogen) atoms. The van der Waals surface area contributed by atoms with Gasteiger partial charge in [0.15, 0.2) is 0 Å². The smallest absolute Gasteiger partial charge is 0.339 e. The van der Waals surface area contributed by atoms with Gasteiger partial charge in [-0.25, -0.2) is 4.79 Å². The summed E-state index contributed by atoms with van der Waals surface area (Å²) >= 11 is 0. The molecule has 0 saturated carbocycles. The molecule has 0 atom stereocenters. The average molecular weight is 323 g/mol. The molecule has 0 unspecified atom stereocenters. The van der Waals surface area contributed by atoms with Crippen LogP contribution in [0, 0.1) is 0 Å². The van der Waals surface area contributed by atoms with Crippen LogP contribution in [0.1, 0.15) is 32.1 Å². The van der Waals surface area contributed by atoms with Crippen molar-refractivity contribution in [1.29, 1.82) is 0 Å². The third kappa shape index (κ3) is 8.40. The van der Waals surface area contributed by atoms with Crippen molar-refractivity contribution in [3.63, 3.8) is 0 Å². The number of piperidine rings is 1. The van der Waals surface area contributed by atoms with Crippen molar-refractivity contribution >= 4 is 11.9 Å². The van der Waals surface area contributed by atoms with Crippen LogP contribution in [0.15, 0.2) is 23.9 Å². The van der Waals surface area contributed by atoms with E-state index in [9.17, 15) is 9.59 Å². The van der Waals surface area contributed by atoms with Crippen LogP contribution in [0.3, 0.4) is 0 Å². The van der Waals surface area contributed by atoms with Gasteiger partial charge in [-0.1, -0.05) is 12.5 Å². The van der Waals surface area contributed by atoms with E-state index >= 15 is 0 Å². The zero-order valence-electron chi connectivity index (χ0n) is 14.3. The summed E-state index contributed by atoms with van der Waals surface area (Å²) in [6.45, 7) is 4.11. The molecule has 0 bridgehead atoms. The number of nitrogens with zero attached hydrogens (tertiary/aromatic N) is 1. The number of esters is 1. The predicted molar refractivity (Wildman–Crippen MR) is 90.8 cm³/mol. The molecule has 2 N–H and O–H groups in total. The second kappa shape index (κ2) is 11.7. The number of nitrogens with one attached hydrogen (secondary N) is 2. The lowest BCUT2D eigenvalue weighted by Gasteiger charge is -2.26. The molecule has 1 rings (SSSR count). The molecule has 1 aliphatic rings. The van der Waals surface area contributed by atoms with E-state index < -0.39 is 5.97 Å². The number of carbonyl (C=O) groups is 2. The molecule has 1 heterocycles. The summed E-state index contributed by atoms with van der Waals surface area (Å²) in [6.07, 6.45) is 9.95. The van der Waals surface area contributed by atoms with Crippen LogP contribution in [0.25, 0.3) is 0 Å². The maximum absolute atomic E-state index is 11.7. The lowest BCUT2D eigenvalue weighted by molar-refractivity contribution is -0.135. The molecule has 0 aromatic heterocycles. The van der Waals surface area contributed by atoms with Crippen LogP contribution < -0.4 is 10.6 Å². The van der Waals surface area contributed by atoms with E-state index in [0.29, 0.717) is 12.1 Å². The fourth-order valence-corrected chi connectivity index (χ4v) is 2.53. The third-order valence-corrected chi connectivity index (χ3v) is 3.74. The van der Waals surface area contributed by atoms with Gasteiger partial charge in [-0.15, -0.1) is 0 Å². The lowest BCUT2D eigenvalue weighted by Crippen LogP contribution is -2.33. The van der Waals surface area contributed by atoms with Gasteiger partial charge < -0.3 is 20.3 Å². The molecule has 6 nitrogen and oxygen atoms in total. The SMILES string of the molecule is CN/C=C(\C=C/CC(=O)NCCCN1CCCCC1)C(=O)OC. The van der Waals surface area contributed by atoms with E-state index in [2.05, 4.69) is 20.3 Å². The first-order chi connectivity index (χ1) is 11.2.